The molecular weight excluding hydrogens is 172 g/mol. The first-order valence-corrected chi connectivity index (χ1v) is 4.96. The van der Waals surface area contributed by atoms with Crippen LogP contribution in [0.15, 0.2) is 53.5 Å². The summed E-state index contributed by atoms with van der Waals surface area (Å²) in [5, 5.41) is 0. The van der Waals surface area contributed by atoms with Gasteiger partial charge in [-0.15, -0.1) is 0 Å². The number of nitrogens with zero attached hydrogens (tertiary/aromatic N) is 2. The Bertz CT molecular complexity index is 385. The van der Waals surface area contributed by atoms with Crippen molar-refractivity contribution in [2.45, 2.75) is 12.5 Å². The van der Waals surface area contributed by atoms with Crippen LogP contribution in [-0.2, 0) is 0 Å². The van der Waals surface area contributed by atoms with E-state index in [0.717, 1.165) is 6.42 Å². The molecule has 2 heteroatoms. The van der Waals surface area contributed by atoms with Crippen LogP contribution in [-0.4, -0.2) is 17.2 Å². The molecule has 0 radical (unpaired) electrons. The number of aliphatic imine (C=N–C) groups is 1. The molecule has 70 valence electrons. The summed E-state index contributed by atoms with van der Waals surface area (Å²) in [6.07, 6.45) is 17.9. The summed E-state index contributed by atoms with van der Waals surface area (Å²) in [5.74, 6) is 0.547. The van der Waals surface area contributed by atoms with Crippen molar-refractivity contribution in [1.29, 1.82) is 0 Å². The maximum Gasteiger partial charge on any atom is 0.0645 e. The Kier molecular flexibility index (Phi) is 1.66. The molecule has 2 unspecified atom stereocenters. The third kappa shape index (κ3) is 1.07. The van der Waals surface area contributed by atoms with E-state index < -0.39 is 0 Å². The van der Waals surface area contributed by atoms with Gasteiger partial charge < -0.3 is 4.90 Å². The van der Waals surface area contributed by atoms with Gasteiger partial charge in [0.15, 0.2) is 0 Å². The van der Waals surface area contributed by atoms with Crippen molar-refractivity contribution in [3.63, 3.8) is 0 Å². The fraction of sp³-hybridized carbons (Fsp3) is 0.250. The molecule has 14 heavy (non-hydrogen) atoms. The van der Waals surface area contributed by atoms with E-state index >= 15 is 0 Å². The maximum atomic E-state index is 4.19. The maximum absolute atomic E-state index is 4.19. The first-order chi connectivity index (χ1) is 6.95. The summed E-state index contributed by atoms with van der Waals surface area (Å²) in [5.41, 5.74) is 1.45. The Morgan fingerprint density at radius 1 is 1.29 bits per heavy atom. The van der Waals surface area contributed by atoms with Crippen LogP contribution in [0.2, 0.25) is 0 Å². The van der Waals surface area contributed by atoms with Crippen LogP contribution in [0, 0.1) is 5.92 Å². The van der Waals surface area contributed by atoms with Crippen LogP contribution in [0.1, 0.15) is 6.42 Å². The molecule has 0 saturated heterocycles. The zero-order chi connectivity index (χ0) is 9.38. The molecule has 0 bridgehead atoms. The highest BCUT2D eigenvalue weighted by molar-refractivity contribution is 5.64. The fourth-order valence-electron chi connectivity index (χ4n) is 2.28. The second kappa shape index (κ2) is 2.98. The van der Waals surface area contributed by atoms with Crippen molar-refractivity contribution in [1.82, 2.24) is 4.90 Å². The second-order valence-corrected chi connectivity index (χ2v) is 3.77. The summed E-state index contributed by atoms with van der Waals surface area (Å²) in [4.78, 5) is 6.44. The van der Waals surface area contributed by atoms with Crippen LogP contribution >= 0.6 is 0 Å². The summed E-state index contributed by atoms with van der Waals surface area (Å²) in [6, 6.07) is 0.503. The molecule has 0 N–H and O–H groups in total. The molecule has 2 nitrogen and oxygen atoms in total. The monoisotopic (exact) mass is 184 g/mol. The van der Waals surface area contributed by atoms with Gasteiger partial charge in [0.25, 0.3) is 0 Å². The lowest BCUT2D eigenvalue weighted by molar-refractivity contribution is 0.395. The van der Waals surface area contributed by atoms with Crippen molar-refractivity contribution < 1.29 is 0 Å². The lowest BCUT2D eigenvalue weighted by Gasteiger charge is -2.30. The second-order valence-electron chi connectivity index (χ2n) is 3.77. The standard InChI is InChI=1S/C12H12N2/c1-2-10-4-6-13-7-9-14-8-5-11(3-1)12(10)14/h1-3,5-9,11-12H,4H2/b9-7-,13-6-. The minimum atomic E-state index is 0.503. The van der Waals surface area contributed by atoms with Crippen molar-refractivity contribution in [3.8, 4) is 0 Å². The van der Waals surface area contributed by atoms with Crippen LogP contribution in [0.4, 0.5) is 0 Å². The van der Waals surface area contributed by atoms with Gasteiger partial charge in [-0.05, 0) is 5.57 Å². The van der Waals surface area contributed by atoms with E-state index in [1.165, 1.54) is 5.57 Å². The van der Waals surface area contributed by atoms with Crippen molar-refractivity contribution in [2.75, 3.05) is 0 Å². The molecule has 0 aromatic rings. The van der Waals surface area contributed by atoms with Gasteiger partial charge in [-0.3, -0.25) is 4.99 Å². The van der Waals surface area contributed by atoms with Crippen molar-refractivity contribution >= 4 is 6.21 Å². The number of rotatable bonds is 0. The van der Waals surface area contributed by atoms with Crippen LogP contribution in [0.5, 0.6) is 0 Å². The quantitative estimate of drug-likeness (QED) is 0.563. The first-order valence-electron chi connectivity index (χ1n) is 4.96. The molecule has 0 saturated carbocycles. The smallest absolute Gasteiger partial charge is 0.0645 e. The molecule has 0 aromatic carbocycles. The normalized spacial score (nSPS) is 37.1. The first kappa shape index (κ1) is 7.80. The molecule has 0 spiro atoms. The average Bonchev–Trinajstić information content (AvgIpc) is 2.57. The summed E-state index contributed by atoms with van der Waals surface area (Å²) in [6.45, 7) is 0. The minimum Gasteiger partial charge on any atom is -0.345 e. The third-order valence-electron chi connectivity index (χ3n) is 2.95. The zero-order valence-corrected chi connectivity index (χ0v) is 7.88. The van der Waals surface area contributed by atoms with E-state index in [1.54, 1.807) is 0 Å². The predicted octanol–water partition coefficient (Wildman–Crippen LogP) is 2.24. The third-order valence-corrected chi connectivity index (χ3v) is 2.95. The van der Waals surface area contributed by atoms with Gasteiger partial charge in [0, 0.05) is 37.2 Å². The summed E-state index contributed by atoms with van der Waals surface area (Å²) in [7, 11) is 0. The predicted molar refractivity (Wildman–Crippen MR) is 57.7 cm³/mol. The molecule has 2 aliphatic heterocycles. The lowest BCUT2D eigenvalue weighted by Crippen LogP contribution is -2.31. The van der Waals surface area contributed by atoms with E-state index in [1.807, 2.05) is 18.6 Å². The van der Waals surface area contributed by atoms with Gasteiger partial charge in [0.05, 0.1) is 6.04 Å². The Morgan fingerprint density at radius 3 is 3.29 bits per heavy atom. The average molecular weight is 184 g/mol. The summed E-state index contributed by atoms with van der Waals surface area (Å²) >= 11 is 0. The van der Waals surface area contributed by atoms with Gasteiger partial charge >= 0.3 is 0 Å². The molecule has 1 aliphatic carbocycles. The van der Waals surface area contributed by atoms with Crippen LogP contribution < -0.4 is 0 Å². The Balaban J connectivity index is 2.04. The molecule has 2 atom stereocenters. The van der Waals surface area contributed by atoms with Gasteiger partial charge in [-0.2, -0.15) is 0 Å². The van der Waals surface area contributed by atoms with E-state index in [0.29, 0.717) is 12.0 Å². The molecule has 0 aromatic heterocycles. The number of hydrogen-bond donors (Lipinski definition) is 0. The van der Waals surface area contributed by atoms with Crippen molar-refractivity contribution in [3.05, 3.63) is 48.5 Å². The molecule has 2 heterocycles. The SMILES string of the molecule is C1=CC2C=CN3/C=C\N=C/CC(=C1)C23. The van der Waals surface area contributed by atoms with Crippen LogP contribution in [0.3, 0.4) is 0 Å². The molecule has 0 amide bonds. The van der Waals surface area contributed by atoms with E-state index in [2.05, 4.69) is 40.4 Å². The number of hydrogen-bond acceptors (Lipinski definition) is 2. The molecule has 3 rings (SSSR count). The van der Waals surface area contributed by atoms with E-state index in [4.69, 9.17) is 0 Å². The minimum absolute atomic E-state index is 0.503. The topological polar surface area (TPSA) is 15.6 Å². The Hall–Kier alpha value is -1.57. The zero-order valence-electron chi connectivity index (χ0n) is 7.88. The van der Waals surface area contributed by atoms with Gasteiger partial charge in [-0.25, -0.2) is 0 Å². The van der Waals surface area contributed by atoms with Gasteiger partial charge in [0.1, 0.15) is 0 Å². The summed E-state index contributed by atoms with van der Waals surface area (Å²) < 4.78 is 0. The van der Waals surface area contributed by atoms with Crippen molar-refractivity contribution in [2.24, 2.45) is 10.9 Å². The molecule has 3 aliphatic rings. The molecular formula is C12H12N2. The van der Waals surface area contributed by atoms with Gasteiger partial charge in [0.2, 0.25) is 0 Å². The lowest BCUT2D eigenvalue weighted by atomic mass is 9.88. The highest BCUT2D eigenvalue weighted by Crippen LogP contribution is 2.33. The highest BCUT2D eigenvalue weighted by Gasteiger charge is 2.30. The Labute approximate surface area is 83.6 Å². The van der Waals surface area contributed by atoms with Crippen LogP contribution in [0.25, 0.3) is 0 Å². The largest absolute Gasteiger partial charge is 0.345 e. The van der Waals surface area contributed by atoms with E-state index in [-0.39, 0.29) is 0 Å². The number of allylic oxidation sites excluding steroid dienone is 2. The fourth-order valence-corrected chi connectivity index (χ4v) is 2.28. The van der Waals surface area contributed by atoms with E-state index in [9.17, 15) is 0 Å². The highest BCUT2D eigenvalue weighted by atomic mass is 15.2. The van der Waals surface area contributed by atoms with Gasteiger partial charge in [-0.1, -0.05) is 24.3 Å². The Morgan fingerprint density at radius 2 is 2.29 bits per heavy atom. The molecule has 0 fully saturated rings.